The van der Waals surface area contributed by atoms with Crippen molar-refractivity contribution >= 4 is 11.8 Å². The standard InChI is InChI=1S/C15H23N3O2/c1-11-8-12(14(19)20)9-13(17-11)16-10-15(2)4-6-18(3)7-5-15/h8-9H,4-7,10H2,1-3H3,(H,16,17)(H,19,20). The van der Waals surface area contributed by atoms with E-state index in [1.165, 1.54) is 0 Å². The Labute approximate surface area is 120 Å². The summed E-state index contributed by atoms with van der Waals surface area (Å²) in [7, 11) is 2.15. The Morgan fingerprint density at radius 2 is 2.10 bits per heavy atom. The number of aryl methyl sites for hydroxylation is 1. The second-order valence-electron chi connectivity index (χ2n) is 6.16. The number of carboxylic acids is 1. The molecule has 0 amide bonds. The maximum absolute atomic E-state index is 11.0. The van der Waals surface area contributed by atoms with E-state index in [1.54, 1.807) is 12.1 Å². The van der Waals surface area contributed by atoms with E-state index < -0.39 is 5.97 Å². The van der Waals surface area contributed by atoms with Crippen molar-refractivity contribution in [2.45, 2.75) is 26.7 Å². The van der Waals surface area contributed by atoms with Crippen LogP contribution in [0.15, 0.2) is 12.1 Å². The van der Waals surface area contributed by atoms with Gasteiger partial charge >= 0.3 is 5.97 Å². The van der Waals surface area contributed by atoms with Gasteiger partial charge in [-0.1, -0.05) is 6.92 Å². The van der Waals surface area contributed by atoms with E-state index in [4.69, 9.17) is 5.11 Å². The summed E-state index contributed by atoms with van der Waals surface area (Å²) in [5.41, 5.74) is 1.26. The van der Waals surface area contributed by atoms with Crippen molar-refractivity contribution < 1.29 is 9.90 Å². The fourth-order valence-electron chi connectivity index (χ4n) is 2.52. The molecule has 0 radical (unpaired) electrons. The van der Waals surface area contributed by atoms with Crippen LogP contribution in [0.5, 0.6) is 0 Å². The number of likely N-dealkylation sites (tertiary alicyclic amines) is 1. The van der Waals surface area contributed by atoms with Gasteiger partial charge in [0, 0.05) is 12.2 Å². The van der Waals surface area contributed by atoms with Gasteiger partial charge in [-0.2, -0.15) is 0 Å². The molecular formula is C15H23N3O2. The highest BCUT2D eigenvalue weighted by molar-refractivity contribution is 5.88. The molecule has 1 aliphatic heterocycles. The number of carboxylic acid groups (broad SMARTS) is 1. The number of aromatic carboxylic acids is 1. The lowest BCUT2D eigenvalue weighted by Gasteiger charge is -2.38. The van der Waals surface area contributed by atoms with Gasteiger partial charge in [0.05, 0.1) is 5.56 Å². The Morgan fingerprint density at radius 3 is 2.70 bits per heavy atom. The highest BCUT2D eigenvalue weighted by atomic mass is 16.4. The van der Waals surface area contributed by atoms with Gasteiger partial charge in [-0.15, -0.1) is 0 Å². The minimum Gasteiger partial charge on any atom is -0.478 e. The first kappa shape index (κ1) is 14.8. The average Bonchev–Trinajstić information content (AvgIpc) is 2.40. The highest BCUT2D eigenvalue weighted by Crippen LogP contribution is 2.30. The molecule has 2 heterocycles. The first-order chi connectivity index (χ1) is 9.38. The summed E-state index contributed by atoms with van der Waals surface area (Å²) >= 11 is 0. The van der Waals surface area contributed by atoms with Gasteiger partial charge in [0.1, 0.15) is 5.82 Å². The van der Waals surface area contributed by atoms with Crippen LogP contribution >= 0.6 is 0 Å². The molecule has 1 saturated heterocycles. The van der Waals surface area contributed by atoms with Gasteiger partial charge in [-0.3, -0.25) is 0 Å². The van der Waals surface area contributed by atoms with Crippen LogP contribution in [0.2, 0.25) is 0 Å². The molecule has 1 aromatic heterocycles. The van der Waals surface area contributed by atoms with Crippen LogP contribution in [0.25, 0.3) is 0 Å². The fourth-order valence-corrected chi connectivity index (χ4v) is 2.52. The third-order valence-electron chi connectivity index (χ3n) is 4.09. The van der Waals surface area contributed by atoms with E-state index >= 15 is 0 Å². The first-order valence-electron chi connectivity index (χ1n) is 7.02. The number of carbonyl (C=O) groups is 1. The number of hydrogen-bond acceptors (Lipinski definition) is 4. The second-order valence-corrected chi connectivity index (χ2v) is 6.16. The van der Waals surface area contributed by atoms with Crippen LogP contribution in [0.1, 0.15) is 35.8 Å². The molecule has 0 aromatic carbocycles. The maximum atomic E-state index is 11.0. The fraction of sp³-hybridized carbons (Fsp3) is 0.600. The number of rotatable bonds is 4. The van der Waals surface area contributed by atoms with Crippen molar-refractivity contribution in [1.29, 1.82) is 0 Å². The van der Waals surface area contributed by atoms with Gasteiger partial charge in [0.2, 0.25) is 0 Å². The Balaban J connectivity index is 2.02. The molecule has 2 N–H and O–H groups in total. The maximum Gasteiger partial charge on any atom is 0.335 e. The quantitative estimate of drug-likeness (QED) is 0.883. The molecule has 0 aliphatic carbocycles. The van der Waals surface area contributed by atoms with Crippen LogP contribution in [0.3, 0.4) is 0 Å². The lowest BCUT2D eigenvalue weighted by atomic mass is 9.80. The van der Waals surface area contributed by atoms with E-state index in [0.29, 0.717) is 5.82 Å². The molecule has 110 valence electrons. The largest absolute Gasteiger partial charge is 0.478 e. The average molecular weight is 277 g/mol. The monoisotopic (exact) mass is 277 g/mol. The molecule has 0 atom stereocenters. The van der Waals surface area contributed by atoms with Crippen LogP contribution in [-0.4, -0.2) is 47.6 Å². The smallest absolute Gasteiger partial charge is 0.335 e. The molecule has 0 saturated carbocycles. The summed E-state index contributed by atoms with van der Waals surface area (Å²) in [6.07, 6.45) is 2.29. The zero-order valence-electron chi connectivity index (χ0n) is 12.4. The number of aromatic nitrogens is 1. The van der Waals surface area contributed by atoms with Crippen molar-refractivity contribution in [2.75, 3.05) is 32.0 Å². The Bertz CT molecular complexity index is 494. The summed E-state index contributed by atoms with van der Waals surface area (Å²) in [4.78, 5) is 17.8. The Kier molecular flexibility index (Phi) is 4.28. The molecule has 1 aliphatic rings. The lowest BCUT2D eigenvalue weighted by Crippen LogP contribution is -2.40. The summed E-state index contributed by atoms with van der Waals surface area (Å²) in [6, 6.07) is 3.19. The van der Waals surface area contributed by atoms with Crippen molar-refractivity contribution in [3.05, 3.63) is 23.4 Å². The summed E-state index contributed by atoms with van der Waals surface area (Å²) < 4.78 is 0. The Hall–Kier alpha value is -1.62. The lowest BCUT2D eigenvalue weighted by molar-refractivity contribution is 0.0696. The molecule has 0 bridgehead atoms. The second kappa shape index (κ2) is 5.79. The molecule has 5 heteroatoms. The SMILES string of the molecule is Cc1cc(C(=O)O)cc(NCC2(C)CCN(C)CC2)n1. The van der Waals surface area contributed by atoms with E-state index in [2.05, 4.69) is 29.2 Å². The van der Waals surface area contributed by atoms with Crippen LogP contribution in [0, 0.1) is 12.3 Å². The van der Waals surface area contributed by atoms with Crippen LogP contribution < -0.4 is 5.32 Å². The number of nitrogens with zero attached hydrogens (tertiary/aromatic N) is 2. The van der Waals surface area contributed by atoms with Gasteiger partial charge in [-0.25, -0.2) is 9.78 Å². The number of nitrogens with one attached hydrogen (secondary N) is 1. The molecule has 2 rings (SSSR count). The van der Waals surface area contributed by atoms with E-state index in [9.17, 15) is 4.79 Å². The molecule has 0 unspecified atom stereocenters. The van der Waals surface area contributed by atoms with E-state index in [0.717, 1.165) is 38.2 Å². The number of pyridine rings is 1. The first-order valence-corrected chi connectivity index (χ1v) is 7.02. The van der Waals surface area contributed by atoms with Crippen LogP contribution in [0.4, 0.5) is 5.82 Å². The van der Waals surface area contributed by atoms with E-state index in [1.807, 2.05) is 6.92 Å². The van der Waals surface area contributed by atoms with Gasteiger partial charge in [-0.05, 0) is 57.5 Å². The third kappa shape index (κ3) is 3.70. The van der Waals surface area contributed by atoms with Crippen molar-refractivity contribution in [3.8, 4) is 0 Å². The normalized spacial score (nSPS) is 18.8. The molecule has 0 spiro atoms. The number of anilines is 1. The topological polar surface area (TPSA) is 65.5 Å². The third-order valence-corrected chi connectivity index (χ3v) is 4.09. The van der Waals surface area contributed by atoms with E-state index in [-0.39, 0.29) is 11.0 Å². The predicted molar refractivity (Wildman–Crippen MR) is 79.3 cm³/mol. The zero-order chi connectivity index (χ0) is 14.8. The van der Waals surface area contributed by atoms with Crippen molar-refractivity contribution in [1.82, 2.24) is 9.88 Å². The molecule has 5 nitrogen and oxygen atoms in total. The summed E-state index contributed by atoms with van der Waals surface area (Å²) in [6.45, 7) is 7.14. The summed E-state index contributed by atoms with van der Waals surface area (Å²) in [5, 5.41) is 12.4. The minimum atomic E-state index is -0.913. The minimum absolute atomic E-state index is 0.251. The molecular weight excluding hydrogens is 254 g/mol. The predicted octanol–water partition coefficient (Wildman–Crippen LogP) is 2.23. The van der Waals surface area contributed by atoms with Crippen molar-refractivity contribution in [2.24, 2.45) is 5.41 Å². The van der Waals surface area contributed by atoms with Crippen molar-refractivity contribution in [3.63, 3.8) is 0 Å². The van der Waals surface area contributed by atoms with Gasteiger partial charge in [0.15, 0.2) is 0 Å². The van der Waals surface area contributed by atoms with Gasteiger partial charge in [0.25, 0.3) is 0 Å². The summed E-state index contributed by atoms with van der Waals surface area (Å²) in [5.74, 6) is -0.258. The zero-order valence-corrected chi connectivity index (χ0v) is 12.4. The van der Waals surface area contributed by atoms with Crippen LogP contribution in [-0.2, 0) is 0 Å². The molecule has 1 aromatic rings. The molecule has 20 heavy (non-hydrogen) atoms. The van der Waals surface area contributed by atoms with Gasteiger partial charge < -0.3 is 15.3 Å². The Morgan fingerprint density at radius 1 is 1.45 bits per heavy atom. The number of piperidine rings is 1. The number of hydrogen-bond donors (Lipinski definition) is 2. The molecule has 1 fully saturated rings. The highest BCUT2D eigenvalue weighted by Gasteiger charge is 2.28.